The molecule has 0 unspecified atom stereocenters. The molecule has 1 aliphatic carbocycles. The predicted octanol–water partition coefficient (Wildman–Crippen LogP) is 3.30. The normalized spacial score (nSPS) is 15.9. The van der Waals surface area contributed by atoms with E-state index in [4.69, 9.17) is 0 Å². The molecule has 1 aromatic heterocycles. The minimum atomic E-state index is 0.387. The molecule has 1 saturated carbocycles. The molecule has 1 heterocycles. The van der Waals surface area contributed by atoms with Crippen LogP contribution in [-0.2, 0) is 0 Å². The molecule has 3 nitrogen and oxygen atoms in total. The van der Waals surface area contributed by atoms with Crippen LogP contribution >= 0.6 is 0 Å². The Labute approximate surface area is 97.7 Å². The molecule has 0 bridgehead atoms. The summed E-state index contributed by atoms with van der Waals surface area (Å²) >= 11 is 0. The number of rotatable bonds is 4. The lowest BCUT2D eigenvalue weighted by atomic mass is 10.1. The molecular weight excluding hydrogens is 198 g/mol. The molecule has 1 aromatic rings. The minimum Gasteiger partial charge on any atom is -0.367 e. The van der Waals surface area contributed by atoms with Crippen LogP contribution in [0.1, 0.15) is 63.9 Å². The number of hydrogen-bond acceptors (Lipinski definition) is 3. The van der Waals surface area contributed by atoms with Gasteiger partial charge in [-0.3, -0.25) is 0 Å². The number of anilines is 1. The molecule has 0 spiro atoms. The first-order valence-electron chi connectivity index (χ1n) is 6.21. The van der Waals surface area contributed by atoms with Gasteiger partial charge in [0.25, 0.3) is 0 Å². The van der Waals surface area contributed by atoms with Crippen molar-refractivity contribution < 1.29 is 0 Å². The number of nitrogens with one attached hydrogen (secondary N) is 1. The van der Waals surface area contributed by atoms with Crippen molar-refractivity contribution in [3.63, 3.8) is 0 Å². The SMILES string of the molecule is CC(C)c1cc(NC2CC2)nc(C(C)C)n1. The first-order chi connectivity index (χ1) is 7.56. The van der Waals surface area contributed by atoms with Crippen LogP contribution in [0.3, 0.4) is 0 Å². The van der Waals surface area contributed by atoms with E-state index in [0.717, 1.165) is 17.3 Å². The summed E-state index contributed by atoms with van der Waals surface area (Å²) in [6.07, 6.45) is 2.55. The van der Waals surface area contributed by atoms with Crippen molar-refractivity contribution in [2.75, 3.05) is 5.32 Å². The minimum absolute atomic E-state index is 0.387. The van der Waals surface area contributed by atoms with Crippen molar-refractivity contribution in [2.45, 2.75) is 58.4 Å². The second kappa shape index (κ2) is 4.40. The van der Waals surface area contributed by atoms with Crippen LogP contribution in [0.2, 0.25) is 0 Å². The fourth-order valence-electron chi connectivity index (χ4n) is 1.55. The number of nitrogens with zero attached hydrogens (tertiary/aromatic N) is 2. The van der Waals surface area contributed by atoms with Crippen LogP contribution in [-0.4, -0.2) is 16.0 Å². The van der Waals surface area contributed by atoms with Gasteiger partial charge in [-0.05, 0) is 18.8 Å². The third kappa shape index (κ3) is 2.71. The monoisotopic (exact) mass is 219 g/mol. The van der Waals surface area contributed by atoms with Gasteiger partial charge in [-0.15, -0.1) is 0 Å². The molecule has 1 N–H and O–H groups in total. The standard InChI is InChI=1S/C13H21N3/c1-8(2)11-7-12(14-10-5-6-10)16-13(15-11)9(3)4/h7-10H,5-6H2,1-4H3,(H,14,15,16). The van der Waals surface area contributed by atoms with Crippen LogP contribution in [0, 0.1) is 0 Å². The van der Waals surface area contributed by atoms with Crippen LogP contribution in [0.15, 0.2) is 6.07 Å². The topological polar surface area (TPSA) is 37.8 Å². The average Bonchev–Trinajstić information content (AvgIpc) is 3.01. The molecule has 0 aromatic carbocycles. The Morgan fingerprint density at radius 1 is 1.12 bits per heavy atom. The quantitative estimate of drug-likeness (QED) is 0.844. The number of aromatic nitrogens is 2. The Bertz CT molecular complexity index is 341. The van der Waals surface area contributed by atoms with E-state index >= 15 is 0 Å². The van der Waals surface area contributed by atoms with Gasteiger partial charge in [0, 0.05) is 23.7 Å². The zero-order valence-corrected chi connectivity index (χ0v) is 10.6. The summed E-state index contributed by atoms with van der Waals surface area (Å²) in [6.45, 7) is 8.63. The molecule has 0 saturated heterocycles. The van der Waals surface area contributed by atoms with Crippen LogP contribution in [0.25, 0.3) is 0 Å². The highest BCUT2D eigenvalue weighted by Crippen LogP contribution is 2.26. The van der Waals surface area contributed by atoms with Crippen LogP contribution in [0.4, 0.5) is 5.82 Å². The van der Waals surface area contributed by atoms with E-state index in [1.807, 2.05) is 0 Å². The summed E-state index contributed by atoms with van der Waals surface area (Å²) in [4.78, 5) is 9.18. The molecule has 2 rings (SSSR count). The van der Waals surface area contributed by atoms with Crippen molar-refractivity contribution in [3.05, 3.63) is 17.6 Å². The summed E-state index contributed by atoms with van der Waals surface area (Å²) in [6, 6.07) is 2.74. The fraction of sp³-hybridized carbons (Fsp3) is 0.692. The molecule has 1 fully saturated rings. The highest BCUT2D eigenvalue weighted by molar-refractivity contribution is 5.39. The summed E-state index contributed by atoms with van der Waals surface area (Å²) in [5.41, 5.74) is 1.14. The number of hydrogen-bond donors (Lipinski definition) is 1. The van der Waals surface area contributed by atoms with Gasteiger partial charge < -0.3 is 5.32 Å². The molecule has 0 amide bonds. The van der Waals surface area contributed by atoms with Crippen molar-refractivity contribution in [1.29, 1.82) is 0 Å². The van der Waals surface area contributed by atoms with Gasteiger partial charge in [0.05, 0.1) is 0 Å². The summed E-state index contributed by atoms with van der Waals surface area (Å²) in [7, 11) is 0. The third-order valence-corrected chi connectivity index (χ3v) is 2.80. The molecular formula is C13H21N3. The Morgan fingerprint density at radius 3 is 2.31 bits per heavy atom. The smallest absolute Gasteiger partial charge is 0.133 e. The maximum Gasteiger partial charge on any atom is 0.133 e. The second-order valence-corrected chi connectivity index (χ2v) is 5.26. The molecule has 0 atom stereocenters. The zero-order chi connectivity index (χ0) is 11.7. The Balaban J connectivity index is 2.27. The van der Waals surface area contributed by atoms with Gasteiger partial charge in [-0.25, -0.2) is 9.97 Å². The molecule has 3 heteroatoms. The van der Waals surface area contributed by atoms with E-state index < -0.39 is 0 Å². The lowest BCUT2D eigenvalue weighted by Gasteiger charge is -2.13. The first kappa shape index (κ1) is 11.4. The molecule has 16 heavy (non-hydrogen) atoms. The zero-order valence-electron chi connectivity index (χ0n) is 10.6. The van der Waals surface area contributed by atoms with E-state index in [-0.39, 0.29) is 0 Å². The van der Waals surface area contributed by atoms with Gasteiger partial charge >= 0.3 is 0 Å². The van der Waals surface area contributed by atoms with Gasteiger partial charge in [0.1, 0.15) is 11.6 Å². The second-order valence-electron chi connectivity index (χ2n) is 5.26. The van der Waals surface area contributed by atoms with E-state index in [1.165, 1.54) is 12.8 Å². The van der Waals surface area contributed by atoms with Crippen molar-refractivity contribution in [1.82, 2.24) is 9.97 Å². The lowest BCUT2D eigenvalue weighted by Crippen LogP contribution is -2.09. The van der Waals surface area contributed by atoms with Gasteiger partial charge in [0.15, 0.2) is 0 Å². The van der Waals surface area contributed by atoms with Gasteiger partial charge in [0.2, 0.25) is 0 Å². The maximum absolute atomic E-state index is 4.61. The van der Waals surface area contributed by atoms with Crippen molar-refractivity contribution >= 4 is 5.82 Å². The van der Waals surface area contributed by atoms with Crippen molar-refractivity contribution in [3.8, 4) is 0 Å². The highest BCUT2D eigenvalue weighted by atomic mass is 15.1. The molecule has 88 valence electrons. The largest absolute Gasteiger partial charge is 0.367 e. The van der Waals surface area contributed by atoms with Crippen LogP contribution in [0.5, 0.6) is 0 Å². The average molecular weight is 219 g/mol. The van der Waals surface area contributed by atoms with Crippen LogP contribution < -0.4 is 5.32 Å². The van der Waals surface area contributed by atoms with Gasteiger partial charge in [-0.1, -0.05) is 27.7 Å². The van der Waals surface area contributed by atoms with E-state index in [2.05, 4.69) is 49.0 Å². The summed E-state index contributed by atoms with van der Waals surface area (Å²) in [5.74, 6) is 2.80. The molecule has 0 radical (unpaired) electrons. The fourth-order valence-corrected chi connectivity index (χ4v) is 1.55. The van der Waals surface area contributed by atoms with E-state index in [1.54, 1.807) is 0 Å². The summed E-state index contributed by atoms with van der Waals surface area (Å²) < 4.78 is 0. The van der Waals surface area contributed by atoms with Crippen molar-refractivity contribution in [2.24, 2.45) is 0 Å². The first-order valence-corrected chi connectivity index (χ1v) is 6.21. The van der Waals surface area contributed by atoms with E-state index in [0.29, 0.717) is 17.9 Å². The third-order valence-electron chi connectivity index (χ3n) is 2.80. The molecule has 1 aliphatic rings. The highest BCUT2D eigenvalue weighted by Gasteiger charge is 2.22. The predicted molar refractivity (Wildman–Crippen MR) is 66.9 cm³/mol. The summed E-state index contributed by atoms with van der Waals surface area (Å²) in [5, 5.41) is 3.46. The maximum atomic E-state index is 4.61. The van der Waals surface area contributed by atoms with Gasteiger partial charge in [-0.2, -0.15) is 0 Å². The Kier molecular flexibility index (Phi) is 3.13. The molecule has 0 aliphatic heterocycles. The van der Waals surface area contributed by atoms with E-state index in [9.17, 15) is 0 Å². The lowest BCUT2D eigenvalue weighted by molar-refractivity contribution is 0.730. The Morgan fingerprint density at radius 2 is 1.81 bits per heavy atom. The Hall–Kier alpha value is -1.12.